The predicted octanol–water partition coefficient (Wildman–Crippen LogP) is 2.74. The molecule has 1 aromatic rings. The van der Waals surface area contributed by atoms with Crippen LogP contribution in [0.2, 0.25) is 0 Å². The number of carboxylic acid groups (broad SMARTS) is 1. The molecule has 2 aliphatic carbocycles. The highest BCUT2D eigenvalue weighted by atomic mass is 32.1. The molecule has 1 N–H and O–H groups in total. The van der Waals surface area contributed by atoms with Crippen LogP contribution in [0.1, 0.15) is 40.6 Å². The Morgan fingerprint density at radius 1 is 1.64 bits per heavy atom. The zero-order valence-electron chi connectivity index (χ0n) is 8.20. The predicted molar refractivity (Wildman–Crippen MR) is 55.0 cm³/mol. The van der Waals surface area contributed by atoms with Gasteiger partial charge in [0.2, 0.25) is 0 Å². The summed E-state index contributed by atoms with van der Waals surface area (Å²) in [5, 5.41) is 11.0. The molecule has 2 atom stereocenters. The number of carbonyl (C=O) groups is 1. The fourth-order valence-corrected chi connectivity index (χ4v) is 3.99. The molecule has 0 radical (unpaired) electrons. The minimum Gasteiger partial charge on any atom is -0.477 e. The van der Waals surface area contributed by atoms with Gasteiger partial charge in [-0.25, -0.2) is 4.79 Å². The Bertz CT molecular complexity index is 430. The van der Waals surface area contributed by atoms with E-state index in [4.69, 9.17) is 5.11 Å². The maximum Gasteiger partial charge on any atom is 0.346 e. The summed E-state index contributed by atoms with van der Waals surface area (Å²) >= 11 is 1.39. The molecule has 0 bridgehead atoms. The standard InChI is InChI=1S/C11H12O2S/c1-11(2)7-3-5-6(8(7)11)4-14-9(5)10(12)13/h4,7-8H,3H2,1-2H3,(H,12,13). The van der Waals surface area contributed by atoms with Gasteiger partial charge >= 0.3 is 5.97 Å². The van der Waals surface area contributed by atoms with Crippen molar-refractivity contribution in [2.75, 3.05) is 0 Å². The third-order valence-electron chi connectivity index (χ3n) is 3.93. The van der Waals surface area contributed by atoms with Gasteiger partial charge in [-0.2, -0.15) is 0 Å². The molecule has 0 saturated heterocycles. The van der Waals surface area contributed by atoms with Crippen LogP contribution in [0.25, 0.3) is 0 Å². The SMILES string of the molecule is CC1(C)C2Cc3c(csc3C(=O)O)C21. The van der Waals surface area contributed by atoms with Gasteiger partial charge in [-0.1, -0.05) is 13.8 Å². The van der Waals surface area contributed by atoms with E-state index >= 15 is 0 Å². The summed E-state index contributed by atoms with van der Waals surface area (Å²) in [5.74, 6) is 0.594. The average molecular weight is 208 g/mol. The molecule has 14 heavy (non-hydrogen) atoms. The number of hydrogen-bond acceptors (Lipinski definition) is 2. The van der Waals surface area contributed by atoms with E-state index in [1.54, 1.807) is 0 Å². The minimum absolute atomic E-state index is 0.420. The van der Waals surface area contributed by atoms with Crippen LogP contribution in [0.15, 0.2) is 5.38 Å². The molecular formula is C11H12O2S. The molecule has 1 fully saturated rings. The Labute approximate surface area is 86.6 Å². The maximum atomic E-state index is 10.9. The first-order valence-electron chi connectivity index (χ1n) is 4.87. The van der Waals surface area contributed by atoms with Crippen molar-refractivity contribution in [2.24, 2.45) is 11.3 Å². The Balaban J connectivity index is 2.07. The normalized spacial score (nSPS) is 31.0. The lowest BCUT2D eigenvalue weighted by atomic mass is 9.97. The first-order chi connectivity index (χ1) is 6.53. The smallest absolute Gasteiger partial charge is 0.346 e. The van der Waals surface area contributed by atoms with Crippen molar-refractivity contribution in [3.8, 4) is 0 Å². The van der Waals surface area contributed by atoms with Gasteiger partial charge in [-0.3, -0.25) is 0 Å². The van der Waals surface area contributed by atoms with Gasteiger partial charge in [0.25, 0.3) is 0 Å². The molecule has 2 aliphatic rings. The lowest BCUT2D eigenvalue weighted by Gasteiger charge is -2.07. The molecule has 1 aromatic heterocycles. The van der Waals surface area contributed by atoms with Crippen molar-refractivity contribution in [1.82, 2.24) is 0 Å². The summed E-state index contributed by atoms with van der Waals surface area (Å²) < 4.78 is 0. The Morgan fingerprint density at radius 3 is 3.00 bits per heavy atom. The van der Waals surface area contributed by atoms with E-state index < -0.39 is 5.97 Å². The topological polar surface area (TPSA) is 37.3 Å². The van der Waals surface area contributed by atoms with Crippen molar-refractivity contribution in [2.45, 2.75) is 26.2 Å². The highest BCUT2D eigenvalue weighted by molar-refractivity contribution is 7.12. The van der Waals surface area contributed by atoms with E-state index in [1.807, 2.05) is 0 Å². The van der Waals surface area contributed by atoms with Crippen LogP contribution in [0, 0.1) is 11.3 Å². The van der Waals surface area contributed by atoms with E-state index in [0.29, 0.717) is 22.1 Å². The van der Waals surface area contributed by atoms with E-state index in [-0.39, 0.29) is 0 Å². The summed E-state index contributed by atoms with van der Waals surface area (Å²) in [6.07, 6.45) is 0.984. The maximum absolute atomic E-state index is 10.9. The van der Waals surface area contributed by atoms with Crippen molar-refractivity contribution in [3.63, 3.8) is 0 Å². The van der Waals surface area contributed by atoms with Gasteiger partial charge in [0.15, 0.2) is 0 Å². The van der Waals surface area contributed by atoms with Crippen molar-refractivity contribution < 1.29 is 9.90 Å². The zero-order chi connectivity index (χ0) is 10.1. The summed E-state index contributed by atoms with van der Waals surface area (Å²) in [6.45, 7) is 4.56. The molecular weight excluding hydrogens is 196 g/mol. The quantitative estimate of drug-likeness (QED) is 0.770. The molecule has 1 heterocycles. The lowest BCUT2D eigenvalue weighted by molar-refractivity contribution is 0.0701. The average Bonchev–Trinajstić information content (AvgIpc) is 2.49. The van der Waals surface area contributed by atoms with Crippen LogP contribution < -0.4 is 0 Å². The second-order valence-corrected chi connectivity index (χ2v) is 5.79. The van der Waals surface area contributed by atoms with Gasteiger partial charge in [0, 0.05) is 0 Å². The molecule has 0 spiro atoms. The van der Waals surface area contributed by atoms with Crippen LogP contribution >= 0.6 is 11.3 Å². The van der Waals surface area contributed by atoms with Gasteiger partial charge in [-0.05, 0) is 40.2 Å². The van der Waals surface area contributed by atoms with Gasteiger partial charge in [0.05, 0.1) is 0 Å². The van der Waals surface area contributed by atoms with E-state index in [2.05, 4.69) is 19.2 Å². The van der Waals surface area contributed by atoms with Crippen molar-refractivity contribution in [3.05, 3.63) is 21.4 Å². The van der Waals surface area contributed by atoms with Crippen molar-refractivity contribution >= 4 is 17.3 Å². The first kappa shape index (κ1) is 8.48. The zero-order valence-corrected chi connectivity index (χ0v) is 9.02. The largest absolute Gasteiger partial charge is 0.477 e. The summed E-state index contributed by atoms with van der Waals surface area (Å²) in [5.41, 5.74) is 2.86. The molecule has 2 unspecified atom stereocenters. The highest BCUT2D eigenvalue weighted by Crippen LogP contribution is 2.70. The second-order valence-electron chi connectivity index (χ2n) is 4.91. The minimum atomic E-state index is -0.754. The second kappa shape index (κ2) is 2.22. The molecule has 1 saturated carbocycles. The van der Waals surface area contributed by atoms with Crippen LogP contribution in [0.3, 0.4) is 0 Å². The molecule has 2 nitrogen and oxygen atoms in total. The Morgan fingerprint density at radius 2 is 2.36 bits per heavy atom. The van der Waals surface area contributed by atoms with Crippen molar-refractivity contribution in [1.29, 1.82) is 0 Å². The molecule has 3 heteroatoms. The molecule has 0 aliphatic heterocycles. The summed E-state index contributed by atoms with van der Waals surface area (Å²) in [4.78, 5) is 11.5. The van der Waals surface area contributed by atoms with Gasteiger partial charge in [-0.15, -0.1) is 11.3 Å². The fourth-order valence-electron chi connectivity index (χ4n) is 3.01. The molecule has 74 valence electrons. The number of hydrogen-bond donors (Lipinski definition) is 1. The number of aromatic carboxylic acids is 1. The van der Waals surface area contributed by atoms with E-state index in [0.717, 1.165) is 12.0 Å². The number of thiophene rings is 1. The molecule has 3 rings (SSSR count). The summed E-state index contributed by atoms with van der Waals surface area (Å²) in [6, 6.07) is 0. The van der Waals surface area contributed by atoms with Gasteiger partial charge < -0.3 is 5.11 Å². The lowest BCUT2D eigenvalue weighted by Crippen LogP contribution is -2.03. The Kier molecular flexibility index (Phi) is 1.34. The number of carboxylic acids is 1. The fraction of sp³-hybridized carbons (Fsp3) is 0.545. The van der Waals surface area contributed by atoms with Gasteiger partial charge in [0.1, 0.15) is 4.88 Å². The van der Waals surface area contributed by atoms with Crippen LogP contribution in [-0.4, -0.2) is 11.1 Å². The molecule has 0 amide bonds. The van der Waals surface area contributed by atoms with E-state index in [1.165, 1.54) is 16.9 Å². The van der Waals surface area contributed by atoms with E-state index in [9.17, 15) is 4.79 Å². The van der Waals surface area contributed by atoms with Crippen LogP contribution in [-0.2, 0) is 6.42 Å². The first-order valence-corrected chi connectivity index (χ1v) is 5.75. The van der Waals surface area contributed by atoms with Crippen LogP contribution in [0.5, 0.6) is 0 Å². The molecule has 0 aromatic carbocycles. The Hall–Kier alpha value is -0.830. The summed E-state index contributed by atoms with van der Waals surface area (Å²) in [7, 11) is 0. The third-order valence-corrected chi connectivity index (χ3v) is 4.96. The highest BCUT2D eigenvalue weighted by Gasteiger charge is 2.62. The number of fused-ring (bicyclic) bond motifs is 3. The monoisotopic (exact) mass is 208 g/mol. The third kappa shape index (κ3) is 0.793. The number of rotatable bonds is 1. The van der Waals surface area contributed by atoms with Crippen LogP contribution in [0.4, 0.5) is 0 Å².